The molecule has 3 N–H and O–H groups in total. The Kier molecular flexibility index (Phi) is 5.55. The zero-order valence-corrected chi connectivity index (χ0v) is 16.4. The van der Waals surface area contributed by atoms with Crippen LogP contribution in [0.25, 0.3) is 10.9 Å². The molecule has 6 nitrogen and oxygen atoms in total. The number of aliphatic hydroxyl groups is 1. The number of carboxylic acids is 1. The number of anilines is 3. The minimum Gasteiger partial charge on any atom is -0.478 e. The lowest BCUT2D eigenvalue weighted by molar-refractivity contribution is 0.0698. The van der Waals surface area contributed by atoms with Gasteiger partial charge in [0.25, 0.3) is 0 Å². The zero-order chi connectivity index (χ0) is 20.4. The molecule has 0 aliphatic carbocycles. The first-order chi connectivity index (χ1) is 14.1. The number of rotatable bonds is 5. The van der Waals surface area contributed by atoms with E-state index in [2.05, 4.69) is 15.2 Å². The van der Waals surface area contributed by atoms with E-state index in [9.17, 15) is 19.4 Å². The molecule has 0 unspecified atom stereocenters. The van der Waals surface area contributed by atoms with E-state index in [1.807, 2.05) is 11.8 Å². The molecule has 4 rings (SSSR count). The number of halogens is 1. The fourth-order valence-electron chi connectivity index (χ4n) is 3.44. The molecule has 29 heavy (non-hydrogen) atoms. The van der Waals surface area contributed by atoms with Gasteiger partial charge < -0.3 is 20.4 Å². The van der Waals surface area contributed by atoms with Crippen LogP contribution < -0.4 is 10.2 Å². The lowest BCUT2D eigenvalue weighted by Gasteiger charge is -2.31. The van der Waals surface area contributed by atoms with Crippen LogP contribution in [0.4, 0.5) is 21.5 Å². The van der Waals surface area contributed by atoms with Gasteiger partial charge in [-0.3, -0.25) is 4.98 Å². The molecule has 0 spiro atoms. The van der Waals surface area contributed by atoms with Gasteiger partial charge in [0.05, 0.1) is 40.9 Å². The number of aromatic carboxylic acids is 1. The summed E-state index contributed by atoms with van der Waals surface area (Å²) in [4.78, 5) is 18.4. The Labute approximate surface area is 171 Å². The molecule has 3 aromatic rings. The third-order valence-electron chi connectivity index (χ3n) is 4.92. The highest BCUT2D eigenvalue weighted by molar-refractivity contribution is 7.99. The van der Waals surface area contributed by atoms with Gasteiger partial charge in [0.2, 0.25) is 0 Å². The average molecular weight is 413 g/mol. The highest BCUT2D eigenvalue weighted by Crippen LogP contribution is 2.37. The summed E-state index contributed by atoms with van der Waals surface area (Å²) in [7, 11) is 0. The van der Waals surface area contributed by atoms with Crippen molar-refractivity contribution in [3.8, 4) is 0 Å². The minimum absolute atomic E-state index is 0.0399. The summed E-state index contributed by atoms with van der Waals surface area (Å²) in [5.74, 6) is 0.462. The molecule has 2 aromatic carbocycles. The Bertz CT molecular complexity index is 1070. The lowest BCUT2D eigenvalue weighted by atomic mass is 10.1. The molecule has 8 heteroatoms. The summed E-state index contributed by atoms with van der Waals surface area (Å²) in [6, 6.07) is 9.10. The first kappa shape index (κ1) is 19.5. The molecular formula is C21H20FN3O3S. The van der Waals surface area contributed by atoms with E-state index in [1.165, 1.54) is 18.2 Å². The summed E-state index contributed by atoms with van der Waals surface area (Å²) < 4.78 is 14.0. The highest BCUT2D eigenvalue weighted by atomic mass is 32.2. The molecule has 1 aliphatic rings. The number of pyridine rings is 1. The van der Waals surface area contributed by atoms with Crippen LogP contribution in [-0.2, 0) is 6.61 Å². The summed E-state index contributed by atoms with van der Waals surface area (Å²) in [6.07, 6.45) is 1.75. The van der Waals surface area contributed by atoms with E-state index in [-0.39, 0.29) is 18.0 Å². The van der Waals surface area contributed by atoms with Crippen LogP contribution in [0.2, 0.25) is 0 Å². The van der Waals surface area contributed by atoms with Gasteiger partial charge in [0.1, 0.15) is 5.82 Å². The van der Waals surface area contributed by atoms with Crippen LogP contribution in [0.1, 0.15) is 15.9 Å². The van der Waals surface area contributed by atoms with Crippen molar-refractivity contribution in [1.29, 1.82) is 0 Å². The van der Waals surface area contributed by atoms with E-state index in [4.69, 9.17) is 0 Å². The monoisotopic (exact) mass is 413 g/mol. The van der Waals surface area contributed by atoms with Crippen molar-refractivity contribution in [2.75, 3.05) is 34.8 Å². The Morgan fingerprint density at radius 1 is 1.21 bits per heavy atom. The third-order valence-corrected chi connectivity index (χ3v) is 5.86. The molecule has 0 amide bonds. The summed E-state index contributed by atoms with van der Waals surface area (Å²) in [5.41, 5.74) is 2.98. The minimum atomic E-state index is -1.11. The largest absolute Gasteiger partial charge is 0.478 e. The Balaban J connectivity index is 1.87. The fourth-order valence-corrected chi connectivity index (χ4v) is 4.34. The van der Waals surface area contributed by atoms with Crippen molar-refractivity contribution < 1.29 is 19.4 Å². The number of aliphatic hydroxyl groups excluding tert-OH is 1. The SMILES string of the molecule is O=C(O)c1cc(CO)ccc1Nc1c(N2CCSCC2)cnc2ccc(F)cc12. The maximum absolute atomic E-state index is 14.0. The maximum atomic E-state index is 14.0. The van der Waals surface area contributed by atoms with Crippen molar-refractivity contribution in [1.82, 2.24) is 4.98 Å². The van der Waals surface area contributed by atoms with Crippen LogP contribution in [0.3, 0.4) is 0 Å². The Morgan fingerprint density at radius 2 is 2.00 bits per heavy atom. The number of hydrogen-bond acceptors (Lipinski definition) is 6. The number of nitrogens with zero attached hydrogens (tertiary/aromatic N) is 2. The number of aromatic nitrogens is 1. The fraction of sp³-hybridized carbons (Fsp3) is 0.238. The summed E-state index contributed by atoms with van der Waals surface area (Å²) in [6.45, 7) is 1.41. The first-order valence-corrected chi connectivity index (χ1v) is 10.4. The number of carbonyl (C=O) groups is 1. The normalized spacial score (nSPS) is 14.2. The van der Waals surface area contributed by atoms with E-state index >= 15 is 0 Å². The van der Waals surface area contributed by atoms with Gasteiger partial charge >= 0.3 is 5.97 Å². The average Bonchev–Trinajstić information content (AvgIpc) is 2.74. The van der Waals surface area contributed by atoms with Crippen molar-refractivity contribution in [2.24, 2.45) is 0 Å². The number of hydrogen-bond donors (Lipinski definition) is 3. The van der Waals surface area contributed by atoms with Crippen molar-refractivity contribution in [3.63, 3.8) is 0 Å². The zero-order valence-electron chi connectivity index (χ0n) is 15.6. The lowest BCUT2D eigenvalue weighted by Crippen LogP contribution is -2.33. The van der Waals surface area contributed by atoms with Crippen molar-refractivity contribution >= 4 is 45.7 Å². The molecule has 0 saturated carbocycles. The van der Waals surface area contributed by atoms with Gasteiger partial charge in [0.15, 0.2) is 0 Å². The molecular weight excluding hydrogens is 393 g/mol. The molecule has 0 radical (unpaired) electrons. The van der Waals surface area contributed by atoms with Gasteiger partial charge in [-0.2, -0.15) is 11.8 Å². The predicted octanol–water partition coefficient (Wildman–Crippen LogP) is 3.86. The topological polar surface area (TPSA) is 85.7 Å². The van der Waals surface area contributed by atoms with E-state index in [1.54, 1.807) is 24.4 Å². The van der Waals surface area contributed by atoms with E-state index < -0.39 is 5.97 Å². The van der Waals surface area contributed by atoms with E-state index in [0.717, 1.165) is 30.3 Å². The molecule has 1 aromatic heterocycles. The highest BCUT2D eigenvalue weighted by Gasteiger charge is 2.20. The molecule has 1 saturated heterocycles. The van der Waals surface area contributed by atoms with Gasteiger partial charge in [-0.05, 0) is 35.9 Å². The second-order valence-electron chi connectivity index (χ2n) is 6.75. The molecule has 0 atom stereocenters. The van der Waals surface area contributed by atoms with Crippen LogP contribution in [-0.4, -0.2) is 45.8 Å². The maximum Gasteiger partial charge on any atom is 0.337 e. The second kappa shape index (κ2) is 8.26. The van der Waals surface area contributed by atoms with Gasteiger partial charge in [-0.25, -0.2) is 9.18 Å². The smallest absolute Gasteiger partial charge is 0.337 e. The van der Waals surface area contributed by atoms with Crippen LogP contribution >= 0.6 is 11.8 Å². The number of benzene rings is 2. The number of nitrogens with one attached hydrogen (secondary N) is 1. The summed E-state index contributed by atoms with van der Waals surface area (Å²) >= 11 is 1.88. The molecule has 0 bridgehead atoms. The Hall–Kier alpha value is -2.84. The van der Waals surface area contributed by atoms with Crippen molar-refractivity contribution in [2.45, 2.75) is 6.61 Å². The standard InChI is InChI=1S/C21H20FN3O3S/c22-14-2-4-17-15(10-14)20(19(11-23-17)25-5-7-29-8-6-25)24-18-3-1-13(12-26)9-16(18)21(27)28/h1-4,9-11,26H,5-8,12H2,(H,23,24)(H,27,28). The molecule has 2 heterocycles. The van der Waals surface area contributed by atoms with Crippen LogP contribution in [0.15, 0.2) is 42.6 Å². The molecule has 150 valence electrons. The third kappa shape index (κ3) is 3.99. The number of fused-ring (bicyclic) bond motifs is 1. The van der Waals surface area contributed by atoms with Crippen LogP contribution in [0, 0.1) is 5.82 Å². The summed E-state index contributed by atoms with van der Waals surface area (Å²) in [5, 5.41) is 22.8. The molecule has 1 fully saturated rings. The second-order valence-corrected chi connectivity index (χ2v) is 7.97. The van der Waals surface area contributed by atoms with Crippen LogP contribution in [0.5, 0.6) is 0 Å². The Morgan fingerprint density at radius 3 is 2.72 bits per heavy atom. The number of carboxylic acid groups (broad SMARTS) is 1. The van der Waals surface area contributed by atoms with Gasteiger partial charge in [-0.15, -0.1) is 0 Å². The first-order valence-electron chi connectivity index (χ1n) is 9.22. The van der Waals surface area contributed by atoms with Gasteiger partial charge in [-0.1, -0.05) is 6.07 Å². The van der Waals surface area contributed by atoms with Crippen molar-refractivity contribution in [3.05, 3.63) is 59.5 Å². The van der Waals surface area contributed by atoms with Gasteiger partial charge in [0, 0.05) is 30.0 Å². The quantitative estimate of drug-likeness (QED) is 0.586. The molecule has 1 aliphatic heterocycles. The van der Waals surface area contributed by atoms with E-state index in [0.29, 0.717) is 27.8 Å². The number of thioether (sulfide) groups is 1. The predicted molar refractivity (Wildman–Crippen MR) is 114 cm³/mol.